The van der Waals surface area contributed by atoms with Gasteiger partial charge < -0.3 is 10.3 Å². The number of rotatable bonds is 2. The second-order valence-electron chi connectivity index (χ2n) is 5.43. The molecular formula is C14H20N6. The molecule has 2 N–H and O–H groups in total. The quantitative estimate of drug-likeness (QED) is 0.848. The SMILES string of the molecule is Cn1ccnc1-c1nc(N)nc(C2CCCCCC2)n1. The predicted octanol–water partition coefficient (Wildman–Crippen LogP) is 2.29. The first-order valence-corrected chi connectivity index (χ1v) is 7.23. The van der Waals surface area contributed by atoms with Crippen molar-refractivity contribution in [1.29, 1.82) is 0 Å². The predicted molar refractivity (Wildman–Crippen MR) is 76.9 cm³/mol. The Kier molecular flexibility index (Phi) is 3.62. The number of anilines is 1. The third-order valence-electron chi connectivity index (χ3n) is 3.91. The Hall–Kier alpha value is -1.98. The standard InChI is InChI=1S/C14H20N6/c1-20-9-8-16-13(20)12-17-11(18-14(15)19-12)10-6-4-2-3-5-7-10/h8-10H,2-7H2,1H3,(H2,15,17,18,19). The van der Waals surface area contributed by atoms with E-state index in [4.69, 9.17) is 5.73 Å². The van der Waals surface area contributed by atoms with E-state index in [0.717, 1.165) is 24.5 Å². The third-order valence-corrected chi connectivity index (χ3v) is 3.91. The van der Waals surface area contributed by atoms with Crippen LogP contribution in [0.25, 0.3) is 11.6 Å². The van der Waals surface area contributed by atoms with Gasteiger partial charge in [-0.3, -0.25) is 0 Å². The molecule has 20 heavy (non-hydrogen) atoms. The zero-order chi connectivity index (χ0) is 13.9. The molecule has 106 valence electrons. The Labute approximate surface area is 118 Å². The minimum Gasteiger partial charge on any atom is -0.368 e. The molecule has 6 nitrogen and oxygen atoms in total. The van der Waals surface area contributed by atoms with Crippen LogP contribution in [-0.2, 0) is 7.05 Å². The van der Waals surface area contributed by atoms with Crippen LogP contribution in [0.4, 0.5) is 5.95 Å². The fourth-order valence-electron chi connectivity index (χ4n) is 2.81. The van der Waals surface area contributed by atoms with E-state index in [-0.39, 0.29) is 5.95 Å². The van der Waals surface area contributed by atoms with Crippen LogP contribution in [0.2, 0.25) is 0 Å². The molecule has 0 bridgehead atoms. The Morgan fingerprint density at radius 2 is 1.85 bits per heavy atom. The van der Waals surface area contributed by atoms with Crippen molar-refractivity contribution in [1.82, 2.24) is 24.5 Å². The fourth-order valence-corrected chi connectivity index (χ4v) is 2.81. The molecule has 0 amide bonds. The molecule has 6 heteroatoms. The van der Waals surface area contributed by atoms with E-state index in [1.807, 2.05) is 17.8 Å². The summed E-state index contributed by atoms with van der Waals surface area (Å²) in [5.74, 6) is 2.83. The van der Waals surface area contributed by atoms with Gasteiger partial charge in [-0.05, 0) is 12.8 Å². The normalized spacial score (nSPS) is 17.1. The molecule has 0 aliphatic heterocycles. The fraction of sp³-hybridized carbons (Fsp3) is 0.571. The minimum atomic E-state index is 0.289. The lowest BCUT2D eigenvalue weighted by atomic mass is 10.00. The molecule has 3 rings (SSSR count). The topological polar surface area (TPSA) is 82.5 Å². The van der Waals surface area contributed by atoms with Crippen molar-refractivity contribution >= 4 is 5.95 Å². The van der Waals surface area contributed by atoms with Crippen LogP contribution in [0, 0.1) is 0 Å². The number of hydrogen-bond donors (Lipinski definition) is 1. The Bertz CT molecular complexity index is 583. The van der Waals surface area contributed by atoms with E-state index >= 15 is 0 Å². The molecule has 0 unspecified atom stereocenters. The number of nitrogens with two attached hydrogens (primary N) is 1. The highest BCUT2D eigenvalue weighted by Gasteiger charge is 2.20. The summed E-state index contributed by atoms with van der Waals surface area (Å²) in [5.41, 5.74) is 5.86. The number of nitrogen functional groups attached to an aromatic ring is 1. The molecule has 1 saturated carbocycles. The Morgan fingerprint density at radius 1 is 1.10 bits per heavy atom. The van der Waals surface area contributed by atoms with Gasteiger partial charge >= 0.3 is 0 Å². The zero-order valence-corrected chi connectivity index (χ0v) is 11.8. The van der Waals surface area contributed by atoms with Crippen LogP contribution in [-0.4, -0.2) is 24.5 Å². The minimum absolute atomic E-state index is 0.289. The number of nitrogens with zero attached hydrogens (tertiary/aromatic N) is 5. The van der Waals surface area contributed by atoms with Crippen molar-refractivity contribution in [3.05, 3.63) is 18.2 Å². The van der Waals surface area contributed by atoms with Crippen LogP contribution in [0.3, 0.4) is 0 Å². The summed E-state index contributed by atoms with van der Waals surface area (Å²) in [6.45, 7) is 0. The van der Waals surface area contributed by atoms with Crippen molar-refractivity contribution in [3.8, 4) is 11.6 Å². The number of imidazole rings is 1. The van der Waals surface area contributed by atoms with Crippen LogP contribution in [0.1, 0.15) is 50.3 Å². The second kappa shape index (κ2) is 5.56. The number of aryl methyl sites for hydroxylation is 1. The maximum Gasteiger partial charge on any atom is 0.223 e. The van der Waals surface area contributed by atoms with E-state index in [1.165, 1.54) is 25.7 Å². The largest absolute Gasteiger partial charge is 0.368 e. The van der Waals surface area contributed by atoms with E-state index in [2.05, 4.69) is 19.9 Å². The second-order valence-corrected chi connectivity index (χ2v) is 5.43. The van der Waals surface area contributed by atoms with Crippen LogP contribution < -0.4 is 5.73 Å². The van der Waals surface area contributed by atoms with Gasteiger partial charge in [0.05, 0.1) is 0 Å². The number of hydrogen-bond acceptors (Lipinski definition) is 5. The molecule has 2 aromatic heterocycles. The zero-order valence-electron chi connectivity index (χ0n) is 11.8. The van der Waals surface area contributed by atoms with Gasteiger partial charge in [-0.25, -0.2) is 9.97 Å². The molecular weight excluding hydrogens is 252 g/mol. The lowest BCUT2D eigenvalue weighted by Crippen LogP contribution is -2.10. The van der Waals surface area contributed by atoms with Gasteiger partial charge in [-0.15, -0.1) is 0 Å². The van der Waals surface area contributed by atoms with Crippen LogP contribution >= 0.6 is 0 Å². The molecule has 1 aliphatic carbocycles. The van der Waals surface area contributed by atoms with E-state index in [0.29, 0.717) is 11.7 Å². The first kappa shape index (κ1) is 13.0. The summed E-state index contributed by atoms with van der Waals surface area (Å²) in [6, 6.07) is 0. The molecule has 0 atom stereocenters. The van der Waals surface area contributed by atoms with Gasteiger partial charge in [0.1, 0.15) is 5.82 Å². The summed E-state index contributed by atoms with van der Waals surface area (Å²) in [5, 5.41) is 0. The third kappa shape index (κ3) is 2.64. The van der Waals surface area contributed by atoms with Gasteiger partial charge in [0.25, 0.3) is 0 Å². The Morgan fingerprint density at radius 3 is 2.50 bits per heavy atom. The highest BCUT2D eigenvalue weighted by atomic mass is 15.1. The molecule has 0 spiro atoms. The molecule has 1 aliphatic rings. The maximum absolute atomic E-state index is 5.86. The molecule has 0 saturated heterocycles. The average molecular weight is 272 g/mol. The number of aromatic nitrogens is 5. The molecule has 0 aromatic carbocycles. The van der Waals surface area contributed by atoms with Crippen LogP contribution in [0.5, 0.6) is 0 Å². The molecule has 2 aromatic rings. The van der Waals surface area contributed by atoms with Gasteiger partial charge in [0.15, 0.2) is 5.82 Å². The molecule has 0 radical (unpaired) electrons. The monoisotopic (exact) mass is 272 g/mol. The highest BCUT2D eigenvalue weighted by Crippen LogP contribution is 2.30. The Balaban J connectivity index is 1.96. The first-order valence-electron chi connectivity index (χ1n) is 7.23. The highest BCUT2D eigenvalue weighted by molar-refractivity contribution is 5.45. The average Bonchev–Trinajstić information content (AvgIpc) is 2.70. The van der Waals surface area contributed by atoms with Crippen molar-refractivity contribution in [2.45, 2.75) is 44.4 Å². The molecule has 1 fully saturated rings. The summed E-state index contributed by atoms with van der Waals surface area (Å²) < 4.78 is 1.89. The maximum atomic E-state index is 5.86. The summed E-state index contributed by atoms with van der Waals surface area (Å²) in [7, 11) is 1.92. The van der Waals surface area contributed by atoms with Crippen LogP contribution in [0.15, 0.2) is 12.4 Å². The van der Waals surface area contributed by atoms with Crippen molar-refractivity contribution in [2.24, 2.45) is 7.05 Å². The lowest BCUT2D eigenvalue weighted by molar-refractivity contribution is 0.559. The lowest BCUT2D eigenvalue weighted by Gasteiger charge is -2.13. The molecule has 2 heterocycles. The van der Waals surface area contributed by atoms with Crippen molar-refractivity contribution in [2.75, 3.05) is 5.73 Å². The van der Waals surface area contributed by atoms with E-state index < -0.39 is 0 Å². The summed E-state index contributed by atoms with van der Waals surface area (Å²) in [6.07, 6.45) is 11.0. The van der Waals surface area contributed by atoms with Crippen molar-refractivity contribution < 1.29 is 0 Å². The van der Waals surface area contributed by atoms with Gasteiger partial charge in [-0.2, -0.15) is 9.97 Å². The summed E-state index contributed by atoms with van der Waals surface area (Å²) >= 11 is 0. The first-order chi connectivity index (χ1) is 9.74. The summed E-state index contributed by atoms with van der Waals surface area (Å²) in [4.78, 5) is 17.5. The van der Waals surface area contributed by atoms with Crippen molar-refractivity contribution in [3.63, 3.8) is 0 Å². The smallest absolute Gasteiger partial charge is 0.223 e. The van der Waals surface area contributed by atoms with E-state index in [9.17, 15) is 0 Å². The van der Waals surface area contributed by atoms with E-state index in [1.54, 1.807) is 6.20 Å². The van der Waals surface area contributed by atoms with Gasteiger partial charge in [0, 0.05) is 25.4 Å². The van der Waals surface area contributed by atoms with Gasteiger partial charge in [-0.1, -0.05) is 25.7 Å². The van der Waals surface area contributed by atoms with Gasteiger partial charge in [0.2, 0.25) is 11.8 Å².